The number of hydrogen-bond donors (Lipinski definition) is 4. The fourth-order valence-corrected chi connectivity index (χ4v) is 3.01. The Hall–Kier alpha value is -1.39. The van der Waals surface area contributed by atoms with Gasteiger partial charge in [-0.15, -0.1) is 0 Å². The van der Waals surface area contributed by atoms with Crippen molar-refractivity contribution >= 4 is 28.4 Å². The SMILES string of the molecule is Nc1ncnc2c([C@@H]3O[C@H](CO)[C@@H](O)[C@H]3O)snc12. The Labute approximate surface area is 111 Å². The lowest BCUT2D eigenvalue weighted by molar-refractivity contribution is -0.0215. The van der Waals surface area contributed by atoms with Crippen molar-refractivity contribution in [3.05, 3.63) is 11.2 Å². The Morgan fingerprint density at radius 3 is 2.74 bits per heavy atom. The van der Waals surface area contributed by atoms with E-state index >= 15 is 0 Å². The average Bonchev–Trinajstić information content (AvgIpc) is 2.94. The third-order valence-corrected chi connectivity index (χ3v) is 4.02. The molecule has 3 rings (SSSR count). The molecule has 4 atom stereocenters. The fourth-order valence-electron chi connectivity index (χ4n) is 2.10. The summed E-state index contributed by atoms with van der Waals surface area (Å²) in [7, 11) is 0. The van der Waals surface area contributed by atoms with E-state index in [1.807, 2.05) is 0 Å². The third kappa shape index (κ3) is 1.86. The summed E-state index contributed by atoms with van der Waals surface area (Å²) in [6.45, 7) is -0.372. The molecule has 0 unspecified atom stereocenters. The van der Waals surface area contributed by atoms with E-state index in [1.54, 1.807) is 0 Å². The number of fused-ring (bicyclic) bond motifs is 1. The summed E-state index contributed by atoms with van der Waals surface area (Å²) in [5.41, 5.74) is 6.62. The van der Waals surface area contributed by atoms with E-state index in [1.165, 1.54) is 6.33 Å². The van der Waals surface area contributed by atoms with Crippen LogP contribution in [0.5, 0.6) is 0 Å². The first-order valence-electron chi connectivity index (χ1n) is 5.61. The summed E-state index contributed by atoms with van der Waals surface area (Å²) in [5.74, 6) is 0.249. The van der Waals surface area contributed by atoms with Crippen LogP contribution in [0, 0.1) is 0 Å². The minimum Gasteiger partial charge on any atom is -0.394 e. The summed E-state index contributed by atoms with van der Waals surface area (Å²) >= 11 is 1.08. The molecule has 0 saturated carbocycles. The zero-order chi connectivity index (χ0) is 13.6. The molecule has 102 valence electrons. The van der Waals surface area contributed by atoms with E-state index in [-0.39, 0.29) is 12.4 Å². The lowest BCUT2D eigenvalue weighted by atomic mass is 10.1. The van der Waals surface area contributed by atoms with Crippen LogP contribution in [0.3, 0.4) is 0 Å². The number of nitrogen functional groups attached to an aromatic ring is 1. The summed E-state index contributed by atoms with van der Waals surface area (Å²) in [6, 6.07) is 0. The average molecular weight is 284 g/mol. The minimum atomic E-state index is -1.15. The van der Waals surface area contributed by atoms with Crippen LogP contribution in [0.4, 0.5) is 5.82 Å². The first-order valence-corrected chi connectivity index (χ1v) is 6.39. The van der Waals surface area contributed by atoms with Gasteiger partial charge >= 0.3 is 0 Å². The predicted octanol–water partition coefficient (Wildman–Crippen LogP) is -1.18. The smallest absolute Gasteiger partial charge is 0.154 e. The number of rotatable bonds is 2. The highest BCUT2D eigenvalue weighted by molar-refractivity contribution is 7.07. The molecule has 2 aromatic rings. The number of hydrogen-bond acceptors (Lipinski definition) is 9. The van der Waals surface area contributed by atoms with Crippen molar-refractivity contribution in [1.82, 2.24) is 14.3 Å². The van der Waals surface area contributed by atoms with Gasteiger partial charge in [0.15, 0.2) is 5.82 Å². The van der Waals surface area contributed by atoms with Crippen molar-refractivity contribution in [2.45, 2.75) is 24.4 Å². The maximum Gasteiger partial charge on any atom is 0.154 e. The van der Waals surface area contributed by atoms with Crippen LogP contribution in [-0.4, -0.2) is 54.6 Å². The van der Waals surface area contributed by atoms with Gasteiger partial charge in [0.2, 0.25) is 0 Å². The lowest BCUT2D eigenvalue weighted by Gasteiger charge is -2.12. The Kier molecular flexibility index (Phi) is 3.07. The number of anilines is 1. The van der Waals surface area contributed by atoms with Crippen LogP contribution in [0.15, 0.2) is 6.33 Å². The van der Waals surface area contributed by atoms with Gasteiger partial charge in [-0.2, -0.15) is 4.37 Å². The molecule has 1 saturated heterocycles. The van der Waals surface area contributed by atoms with Gasteiger partial charge in [0.1, 0.15) is 41.8 Å². The standard InChI is InChI=1S/C10H12N4O4S/c11-10-5-4(12-2-13-10)9(19-14-5)8-7(17)6(16)3(1-15)18-8/h2-3,6-8,15-17H,1H2,(H2,11,12,13)/t3-,6-,7-,8-/m1/s1. The zero-order valence-electron chi connectivity index (χ0n) is 9.67. The van der Waals surface area contributed by atoms with E-state index in [4.69, 9.17) is 15.6 Å². The van der Waals surface area contributed by atoms with Crippen molar-refractivity contribution in [1.29, 1.82) is 0 Å². The third-order valence-electron chi connectivity index (χ3n) is 3.12. The highest BCUT2D eigenvalue weighted by atomic mass is 32.1. The quantitative estimate of drug-likeness (QED) is 0.541. The summed E-state index contributed by atoms with van der Waals surface area (Å²) < 4.78 is 9.58. The fraction of sp³-hybridized carbons (Fsp3) is 0.500. The molecule has 0 bridgehead atoms. The van der Waals surface area contributed by atoms with E-state index in [2.05, 4.69) is 14.3 Å². The van der Waals surface area contributed by atoms with Gasteiger partial charge in [0.25, 0.3) is 0 Å². The van der Waals surface area contributed by atoms with E-state index in [0.29, 0.717) is 15.9 Å². The van der Waals surface area contributed by atoms with Gasteiger partial charge < -0.3 is 25.8 Å². The van der Waals surface area contributed by atoms with Crippen molar-refractivity contribution in [2.75, 3.05) is 12.3 Å². The molecule has 0 amide bonds. The number of aromatic nitrogens is 3. The Balaban J connectivity index is 2.04. The number of ether oxygens (including phenoxy) is 1. The predicted molar refractivity (Wildman–Crippen MR) is 66.3 cm³/mol. The van der Waals surface area contributed by atoms with Gasteiger partial charge in [0.05, 0.1) is 11.5 Å². The van der Waals surface area contributed by atoms with Crippen LogP contribution in [-0.2, 0) is 4.74 Å². The Morgan fingerprint density at radius 2 is 2.05 bits per heavy atom. The second-order valence-electron chi connectivity index (χ2n) is 4.26. The van der Waals surface area contributed by atoms with Crippen molar-refractivity contribution in [2.24, 2.45) is 0 Å². The van der Waals surface area contributed by atoms with Gasteiger partial charge in [0, 0.05) is 0 Å². The summed E-state index contributed by atoms with van der Waals surface area (Å²) in [4.78, 5) is 8.47. The van der Waals surface area contributed by atoms with E-state index < -0.39 is 24.4 Å². The maximum atomic E-state index is 9.98. The summed E-state index contributed by atoms with van der Waals surface area (Å²) in [5, 5.41) is 28.8. The van der Waals surface area contributed by atoms with E-state index in [0.717, 1.165) is 11.5 Å². The molecule has 8 nitrogen and oxygen atoms in total. The second kappa shape index (κ2) is 4.62. The van der Waals surface area contributed by atoms with Crippen molar-refractivity contribution < 1.29 is 20.1 Å². The number of nitrogens with two attached hydrogens (primary N) is 1. The normalized spacial score (nSPS) is 31.1. The molecule has 1 aliphatic rings. The number of aliphatic hydroxyl groups is 3. The van der Waals surface area contributed by atoms with E-state index in [9.17, 15) is 10.2 Å². The van der Waals surface area contributed by atoms with Crippen molar-refractivity contribution in [3.8, 4) is 0 Å². The maximum absolute atomic E-state index is 9.98. The molecular formula is C10H12N4O4S. The van der Waals surface area contributed by atoms with Crippen LogP contribution in [0.25, 0.3) is 11.0 Å². The number of nitrogens with zero attached hydrogens (tertiary/aromatic N) is 3. The minimum absolute atomic E-state index is 0.249. The molecule has 1 fully saturated rings. The van der Waals surface area contributed by atoms with Crippen LogP contribution in [0.2, 0.25) is 0 Å². The molecule has 0 spiro atoms. The van der Waals surface area contributed by atoms with Crippen LogP contribution >= 0.6 is 11.5 Å². The summed E-state index contributed by atoms with van der Waals surface area (Å²) in [6.07, 6.45) is -2.59. The number of aliphatic hydroxyl groups excluding tert-OH is 3. The molecule has 9 heteroatoms. The van der Waals surface area contributed by atoms with Crippen LogP contribution in [0.1, 0.15) is 11.0 Å². The monoisotopic (exact) mass is 284 g/mol. The van der Waals surface area contributed by atoms with Gasteiger partial charge in [-0.3, -0.25) is 0 Å². The molecule has 1 aliphatic heterocycles. The topological polar surface area (TPSA) is 135 Å². The molecule has 0 aromatic carbocycles. The molecule has 3 heterocycles. The molecular weight excluding hydrogens is 272 g/mol. The molecule has 0 aliphatic carbocycles. The highest BCUT2D eigenvalue weighted by Crippen LogP contribution is 2.39. The van der Waals surface area contributed by atoms with Crippen molar-refractivity contribution in [3.63, 3.8) is 0 Å². The molecule has 2 aromatic heterocycles. The van der Waals surface area contributed by atoms with Crippen LogP contribution < -0.4 is 5.73 Å². The molecule has 0 radical (unpaired) electrons. The largest absolute Gasteiger partial charge is 0.394 e. The first-order chi connectivity index (χ1) is 9.13. The lowest BCUT2D eigenvalue weighted by Crippen LogP contribution is -2.32. The van der Waals surface area contributed by atoms with Gasteiger partial charge in [-0.05, 0) is 11.5 Å². The molecule has 5 N–H and O–H groups in total. The second-order valence-corrected chi connectivity index (χ2v) is 5.07. The molecule has 19 heavy (non-hydrogen) atoms. The highest BCUT2D eigenvalue weighted by Gasteiger charge is 2.44. The Morgan fingerprint density at radius 1 is 1.26 bits per heavy atom. The van der Waals surface area contributed by atoms with Gasteiger partial charge in [-0.1, -0.05) is 0 Å². The first kappa shape index (κ1) is 12.6. The Bertz CT molecular complexity index is 606. The zero-order valence-corrected chi connectivity index (χ0v) is 10.5. The van der Waals surface area contributed by atoms with Gasteiger partial charge in [-0.25, -0.2) is 9.97 Å².